The molecule has 2 fully saturated rings. The van der Waals surface area contributed by atoms with Gasteiger partial charge in [-0.3, -0.25) is 4.79 Å². The standard InChI is InChI=1S/C32H36ClN7O3/c1-3-28(41)40-16-15-39(19-23(40)12-13-34)31-30-26(35-32(36-31)43-21-24-9-6-14-37(24)2)20-38(17-18-42-30)27-11-5-8-22-7-4-10-25(33)29(22)27/h3-5,7-8,10-11,23-24H,1,6,9,12,14-21H2,2H3/t23-,24-/m0/s1. The second-order valence-corrected chi connectivity index (χ2v) is 11.7. The quantitative estimate of drug-likeness (QED) is 0.368. The van der Waals surface area contributed by atoms with Crippen LogP contribution in [0.2, 0.25) is 5.02 Å². The number of likely N-dealkylation sites (tertiary alicyclic amines) is 1. The van der Waals surface area contributed by atoms with Crippen LogP contribution in [0.15, 0.2) is 49.1 Å². The Morgan fingerprint density at radius 3 is 2.77 bits per heavy atom. The van der Waals surface area contributed by atoms with Crippen molar-refractivity contribution in [3.8, 4) is 17.8 Å². The van der Waals surface area contributed by atoms with Gasteiger partial charge in [0.15, 0.2) is 11.6 Å². The molecule has 11 heteroatoms. The number of carbonyl (C=O) groups is 1. The molecule has 224 valence electrons. The first-order valence-electron chi connectivity index (χ1n) is 14.8. The Morgan fingerprint density at radius 1 is 1.16 bits per heavy atom. The summed E-state index contributed by atoms with van der Waals surface area (Å²) in [7, 11) is 2.12. The van der Waals surface area contributed by atoms with Gasteiger partial charge < -0.3 is 29.1 Å². The molecule has 4 heterocycles. The van der Waals surface area contributed by atoms with Gasteiger partial charge in [-0.05, 0) is 50.0 Å². The number of ether oxygens (including phenoxy) is 2. The van der Waals surface area contributed by atoms with Crippen molar-refractivity contribution in [2.75, 3.05) is 62.8 Å². The molecule has 3 aromatic rings. The molecule has 0 saturated carbocycles. The van der Waals surface area contributed by atoms with Crippen molar-refractivity contribution in [2.45, 2.75) is 37.9 Å². The van der Waals surface area contributed by atoms with Gasteiger partial charge in [-0.25, -0.2) is 0 Å². The molecule has 2 aromatic carbocycles. The molecule has 0 radical (unpaired) electrons. The highest BCUT2D eigenvalue weighted by molar-refractivity contribution is 6.36. The van der Waals surface area contributed by atoms with E-state index in [2.05, 4.69) is 52.6 Å². The minimum absolute atomic E-state index is 0.174. The summed E-state index contributed by atoms with van der Waals surface area (Å²) < 4.78 is 12.7. The molecular weight excluding hydrogens is 566 g/mol. The van der Waals surface area contributed by atoms with E-state index < -0.39 is 0 Å². The molecule has 0 bridgehead atoms. The van der Waals surface area contributed by atoms with E-state index in [0.717, 1.165) is 41.5 Å². The summed E-state index contributed by atoms with van der Waals surface area (Å²) in [6, 6.07) is 14.7. The van der Waals surface area contributed by atoms with Crippen molar-refractivity contribution in [3.05, 3.63) is 59.8 Å². The lowest BCUT2D eigenvalue weighted by atomic mass is 10.1. The normalized spacial score (nSPS) is 20.7. The second-order valence-electron chi connectivity index (χ2n) is 11.3. The summed E-state index contributed by atoms with van der Waals surface area (Å²) in [5.74, 6) is 1.07. The molecule has 2 saturated heterocycles. The van der Waals surface area contributed by atoms with Gasteiger partial charge in [0.2, 0.25) is 5.91 Å². The van der Waals surface area contributed by atoms with Crippen LogP contribution in [0, 0.1) is 11.3 Å². The van der Waals surface area contributed by atoms with Gasteiger partial charge in [0, 0.05) is 36.7 Å². The van der Waals surface area contributed by atoms with Gasteiger partial charge in [0.05, 0.1) is 36.6 Å². The first-order chi connectivity index (χ1) is 21.0. The molecule has 3 aliphatic rings. The van der Waals surface area contributed by atoms with Crippen molar-refractivity contribution in [1.82, 2.24) is 19.8 Å². The first-order valence-corrected chi connectivity index (χ1v) is 15.2. The minimum atomic E-state index is -0.300. The lowest BCUT2D eigenvalue weighted by Gasteiger charge is -2.41. The van der Waals surface area contributed by atoms with Crippen LogP contribution in [-0.4, -0.2) is 90.7 Å². The Balaban J connectivity index is 1.36. The fourth-order valence-corrected chi connectivity index (χ4v) is 6.63. The third kappa shape index (κ3) is 5.92. The number of benzene rings is 2. The average molecular weight is 602 g/mol. The summed E-state index contributed by atoms with van der Waals surface area (Å²) >= 11 is 6.70. The Bertz CT molecular complexity index is 1550. The van der Waals surface area contributed by atoms with Gasteiger partial charge in [-0.2, -0.15) is 15.2 Å². The van der Waals surface area contributed by atoms with E-state index in [0.29, 0.717) is 74.6 Å². The van der Waals surface area contributed by atoms with E-state index in [1.807, 2.05) is 18.2 Å². The third-order valence-electron chi connectivity index (χ3n) is 8.66. The molecule has 2 atom stereocenters. The van der Waals surface area contributed by atoms with Gasteiger partial charge in [0.25, 0.3) is 0 Å². The Labute approximate surface area is 257 Å². The van der Waals surface area contributed by atoms with Crippen LogP contribution < -0.4 is 19.3 Å². The lowest BCUT2D eigenvalue weighted by molar-refractivity contribution is -0.128. The number of piperazine rings is 1. The van der Waals surface area contributed by atoms with Crippen LogP contribution >= 0.6 is 11.6 Å². The van der Waals surface area contributed by atoms with Crippen molar-refractivity contribution in [1.29, 1.82) is 5.26 Å². The first kappa shape index (κ1) is 29.0. The number of hydrogen-bond acceptors (Lipinski definition) is 9. The summed E-state index contributed by atoms with van der Waals surface area (Å²) in [6.07, 6.45) is 3.73. The number of anilines is 2. The number of aromatic nitrogens is 2. The SMILES string of the molecule is C=CC(=O)N1CCN(c2nc(OC[C@@H]3CCCN3C)nc3c2OCCN(c2cccc4cccc(Cl)c24)C3)C[C@@H]1CC#N. The second kappa shape index (κ2) is 12.7. The summed E-state index contributed by atoms with van der Waals surface area (Å²) in [4.78, 5) is 30.7. The molecule has 0 spiro atoms. The number of amides is 1. The van der Waals surface area contributed by atoms with Gasteiger partial charge in [0.1, 0.15) is 18.9 Å². The van der Waals surface area contributed by atoms with E-state index in [1.54, 1.807) is 4.90 Å². The lowest BCUT2D eigenvalue weighted by Crippen LogP contribution is -2.55. The van der Waals surface area contributed by atoms with Gasteiger partial charge >= 0.3 is 6.01 Å². The maximum Gasteiger partial charge on any atom is 0.318 e. The largest absolute Gasteiger partial charge is 0.486 e. The highest BCUT2D eigenvalue weighted by atomic mass is 35.5. The number of halogens is 1. The topological polar surface area (TPSA) is 98.1 Å². The smallest absolute Gasteiger partial charge is 0.318 e. The number of carbonyl (C=O) groups excluding carboxylic acids is 1. The van der Waals surface area contributed by atoms with Crippen molar-refractivity contribution in [3.63, 3.8) is 0 Å². The highest BCUT2D eigenvalue weighted by Crippen LogP contribution is 2.39. The molecule has 6 rings (SSSR count). The van der Waals surface area contributed by atoms with E-state index in [9.17, 15) is 10.1 Å². The zero-order valence-electron chi connectivity index (χ0n) is 24.4. The van der Waals surface area contributed by atoms with Crippen molar-refractivity contribution in [2.24, 2.45) is 0 Å². The van der Waals surface area contributed by atoms with Gasteiger partial charge in [-0.1, -0.05) is 42.4 Å². The maximum absolute atomic E-state index is 12.5. The van der Waals surface area contributed by atoms with Crippen LogP contribution in [0.5, 0.6) is 11.8 Å². The van der Waals surface area contributed by atoms with E-state index >= 15 is 0 Å². The summed E-state index contributed by atoms with van der Waals surface area (Å²) in [5.41, 5.74) is 1.74. The molecule has 0 aliphatic carbocycles. The monoisotopic (exact) mass is 601 g/mol. The molecule has 0 unspecified atom stereocenters. The van der Waals surface area contributed by atoms with Crippen LogP contribution in [0.25, 0.3) is 10.8 Å². The highest BCUT2D eigenvalue weighted by Gasteiger charge is 2.34. The maximum atomic E-state index is 12.5. The number of fused-ring (bicyclic) bond motifs is 2. The zero-order chi connectivity index (χ0) is 29.9. The third-order valence-corrected chi connectivity index (χ3v) is 8.98. The number of nitriles is 1. The molecule has 43 heavy (non-hydrogen) atoms. The van der Waals surface area contributed by atoms with E-state index in [4.69, 9.17) is 31.0 Å². The number of nitrogens with zero attached hydrogens (tertiary/aromatic N) is 7. The molecule has 1 aromatic heterocycles. The van der Waals surface area contributed by atoms with Crippen LogP contribution in [0.1, 0.15) is 25.0 Å². The predicted molar refractivity (Wildman–Crippen MR) is 167 cm³/mol. The van der Waals surface area contributed by atoms with Crippen LogP contribution in [0.3, 0.4) is 0 Å². The van der Waals surface area contributed by atoms with Gasteiger partial charge in [-0.15, -0.1) is 0 Å². The number of rotatable bonds is 7. The molecule has 3 aliphatic heterocycles. The van der Waals surface area contributed by atoms with Crippen molar-refractivity contribution >= 4 is 39.8 Å². The average Bonchev–Trinajstić information content (AvgIpc) is 3.31. The summed E-state index contributed by atoms with van der Waals surface area (Å²) in [5, 5.41) is 12.3. The van der Waals surface area contributed by atoms with Crippen molar-refractivity contribution < 1.29 is 14.3 Å². The van der Waals surface area contributed by atoms with Crippen LogP contribution in [-0.2, 0) is 11.3 Å². The van der Waals surface area contributed by atoms with E-state index in [1.165, 1.54) is 6.08 Å². The molecule has 1 amide bonds. The zero-order valence-corrected chi connectivity index (χ0v) is 25.2. The Morgan fingerprint density at radius 2 is 2.00 bits per heavy atom. The molecule has 10 nitrogen and oxygen atoms in total. The summed E-state index contributed by atoms with van der Waals surface area (Å²) in [6.45, 7) is 8.13. The fourth-order valence-electron chi connectivity index (χ4n) is 6.35. The van der Waals surface area contributed by atoms with Crippen LogP contribution in [0.4, 0.5) is 11.5 Å². The minimum Gasteiger partial charge on any atom is -0.486 e. The Kier molecular flexibility index (Phi) is 8.54. The number of hydrogen-bond donors (Lipinski definition) is 0. The van der Waals surface area contributed by atoms with E-state index in [-0.39, 0.29) is 18.4 Å². The fraction of sp³-hybridized carbons (Fsp3) is 0.438. The predicted octanol–water partition coefficient (Wildman–Crippen LogP) is 4.27. The Hall–Kier alpha value is -4.07. The molecule has 0 N–H and O–H groups in total. The number of likely N-dealkylation sites (N-methyl/N-ethyl adjacent to an activating group) is 1. The molecular formula is C32H36ClN7O3.